The van der Waals surface area contributed by atoms with Gasteiger partial charge in [-0.05, 0) is 62.3 Å². The van der Waals surface area contributed by atoms with E-state index in [1.165, 1.54) is 50.6 Å². The van der Waals surface area contributed by atoms with Crippen LogP contribution in [0.1, 0.15) is 56.6 Å². The SMILES string of the molecule is NC(CCN1CCCC2CCCCC21)c1cccc(Br)c1. The van der Waals surface area contributed by atoms with Crippen LogP contribution in [-0.2, 0) is 0 Å². The van der Waals surface area contributed by atoms with E-state index < -0.39 is 0 Å². The predicted octanol–water partition coefficient (Wildman–Crippen LogP) is 4.49. The maximum Gasteiger partial charge on any atom is 0.0307 e. The molecule has 0 amide bonds. The summed E-state index contributed by atoms with van der Waals surface area (Å²) in [4.78, 5) is 2.74. The van der Waals surface area contributed by atoms with Gasteiger partial charge in [0.1, 0.15) is 0 Å². The highest BCUT2D eigenvalue weighted by atomic mass is 79.9. The second kappa shape index (κ2) is 7.26. The number of rotatable bonds is 4. The lowest BCUT2D eigenvalue weighted by Gasteiger charge is -2.44. The molecule has 0 radical (unpaired) electrons. The lowest BCUT2D eigenvalue weighted by Crippen LogP contribution is -2.47. The molecule has 1 saturated carbocycles. The van der Waals surface area contributed by atoms with Crippen LogP contribution in [0.15, 0.2) is 28.7 Å². The van der Waals surface area contributed by atoms with Crippen molar-refractivity contribution >= 4 is 15.9 Å². The summed E-state index contributed by atoms with van der Waals surface area (Å²) < 4.78 is 1.13. The molecule has 1 aliphatic heterocycles. The lowest BCUT2D eigenvalue weighted by atomic mass is 9.78. The molecule has 1 aromatic rings. The maximum absolute atomic E-state index is 6.40. The molecular weight excluding hydrogens is 324 g/mol. The first-order chi connectivity index (χ1) is 10.2. The van der Waals surface area contributed by atoms with E-state index in [-0.39, 0.29) is 6.04 Å². The molecule has 2 fully saturated rings. The van der Waals surface area contributed by atoms with Gasteiger partial charge in [-0.15, -0.1) is 0 Å². The van der Waals surface area contributed by atoms with Crippen molar-refractivity contribution in [3.05, 3.63) is 34.3 Å². The normalized spacial score (nSPS) is 28.1. The molecule has 3 heteroatoms. The zero-order chi connectivity index (χ0) is 14.7. The van der Waals surface area contributed by atoms with Crippen molar-refractivity contribution in [3.63, 3.8) is 0 Å². The van der Waals surface area contributed by atoms with Crippen LogP contribution in [0.3, 0.4) is 0 Å². The van der Waals surface area contributed by atoms with Crippen molar-refractivity contribution < 1.29 is 0 Å². The molecule has 1 saturated heterocycles. The van der Waals surface area contributed by atoms with Gasteiger partial charge in [-0.25, -0.2) is 0 Å². The zero-order valence-electron chi connectivity index (χ0n) is 12.8. The summed E-state index contributed by atoms with van der Waals surface area (Å²) in [6.07, 6.45) is 9.66. The monoisotopic (exact) mass is 350 g/mol. The van der Waals surface area contributed by atoms with Gasteiger partial charge in [0.15, 0.2) is 0 Å². The van der Waals surface area contributed by atoms with Crippen LogP contribution in [0.4, 0.5) is 0 Å². The molecule has 3 atom stereocenters. The van der Waals surface area contributed by atoms with Crippen LogP contribution >= 0.6 is 15.9 Å². The Morgan fingerprint density at radius 3 is 2.86 bits per heavy atom. The standard InChI is InChI=1S/C18H27BrN2/c19-16-8-3-6-15(13-16)17(20)10-12-21-11-4-7-14-5-1-2-9-18(14)21/h3,6,8,13-14,17-18H,1-2,4-5,7,9-12,20H2. The Hall–Kier alpha value is -0.380. The van der Waals surface area contributed by atoms with Gasteiger partial charge in [0.25, 0.3) is 0 Å². The minimum absolute atomic E-state index is 0.159. The van der Waals surface area contributed by atoms with Crippen LogP contribution in [0.25, 0.3) is 0 Å². The minimum Gasteiger partial charge on any atom is -0.324 e. The van der Waals surface area contributed by atoms with Crippen LogP contribution in [-0.4, -0.2) is 24.0 Å². The van der Waals surface area contributed by atoms with Gasteiger partial charge in [-0.3, -0.25) is 0 Å². The Balaban J connectivity index is 1.56. The first kappa shape index (κ1) is 15.5. The van der Waals surface area contributed by atoms with E-state index in [2.05, 4.69) is 45.1 Å². The number of piperidine rings is 1. The summed E-state index contributed by atoms with van der Waals surface area (Å²) >= 11 is 3.54. The molecular formula is C18H27BrN2. The van der Waals surface area contributed by atoms with E-state index in [0.717, 1.165) is 29.4 Å². The molecule has 1 aliphatic carbocycles. The molecule has 116 valence electrons. The molecule has 21 heavy (non-hydrogen) atoms. The predicted molar refractivity (Wildman–Crippen MR) is 92.2 cm³/mol. The first-order valence-corrected chi connectivity index (χ1v) is 9.28. The summed E-state index contributed by atoms with van der Waals surface area (Å²) in [7, 11) is 0. The smallest absolute Gasteiger partial charge is 0.0307 e. The largest absolute Gasteiger partial charge is 0.324 e. The van der Waals surface area contributed by atoms with Gasteiger partial charge in [-0.2, -0.15) is 0 Å². The fourth-order valence-corrected chi connectivity index (χ4v) is 4.63. The second-order valence-electron chi connectivity index (χ2n) is 6.74. The molecule has 3 rings (SSSR count). The molecule has 1 aromatic carbocycles. The second-order valence-corrected chi connectivity index (χ2v) is 7.66. The number of benzene rings is 1. The number of likely N-dealkylation sites (tertiary alicyclic amines) is 1. The molecule has 0 spiro atoms. The number of nitrogens with two attached hydrogens (primary N) is 1. The van der Waals surface area contributed by atoms with E-state index in [4.69, 9.17) is 5.73 Å². The van der Waals surface area contributed by atoms with Gasteiger partial charge in [-0.1, -0.05) is 40.9 Å². The summed E-state index contributed by atoms with van der Waals surface area (Å²) in [5.41, 5.74) is 7.65. The lowest BCUT2D eigenvalue weighted by molar-refractivity contribution is 0.0586. The number of hydrogen-bond donors (Lipinski definition) is 1. The summed E-state index contributed by atoms with van der Waals surface area (Å²) in [5, 5.41) is 0. The van der Waals surface area contributed by atoms with Crippen molar-refractivity contribution in [3.8, 4) is 0 Å². The molecule has 0 bridgehead atoms. The van der Waals surface area contributed by atoms with Gasteiger partial charge in [0.2, 0.25) is 0 Å². The molecule has 3 unspecified atom stereocenters. The third-order valence-corrected chi connectivity index (χ3v) is 5.86. The van der Waals surface area contributed by atoms with E-state index in [1.54, 1.807) is 0 Å². The van der Waals surface area contributed by atoms with Gasteiger partial charge in [0, 0.05) is 23.1 Å². The Morgan fingerprint density at radius 2 is 2.00 bits per heavy atom. The van der Waals surface area contributed by atoms with Crippen molar-refractivity contribution in [2.24, 2.45) is 11.7 Å². The Morgan fingerprint density at radius 1 is 1.19 bits per heavy atom. The first-order valence-electron chi connectivity index (χ1n) is 8.49. The number of halogens is 1. The van der Waals surface area contributed by atoms with E-state index >= 15 is 0 Å². The average molecular weight is 351 g/mol. The Labute approximate surface area is 137 Å². The summed E-state index contributed by atoms with van der Waals surface area (Å²) in [6, 6.07) is 9.46. The van der Waals surface area contributed by atoms with Gasteiger partial charge in [0.05, 0.1) is 0 Å². The van der Waals surface area contributed by atoms with Crippen molar-refractivity contribution in [2.45, 2.75) is 57.0 Å². The highest BCUT2D eigenvalue weighted by molar-refractivity contribution is 9.10. The summed E-state index contributed by atoms with van der Waals surface area (Å²) in [5.74, 6) is 0.967. The van der Waals surface area contributed by atoms with Crippen LogP contribution in [0, 0.1) is 5.92 Å². The number of fused-ring (bicyclic) bond motifs is 1. The Bertz CT molecular complexity index is 460. The van der Waals surface area contributed by atoms with Crippen LogP contribution in [0.5, 0.6) is 0 Å². The summed E-state index contributed by atoms with van der Waals surface area (Å²) in [6.45, 7) is 2.45. The van der Waals surface area contributed by atoms with Crippen LogP contribution in [0.2, 0.25) is 0 Å². The maximum atomic E-state index is 6.40. The molecule has 2 nitrogen and oxygen atoms in total. The molecule has 2 N–H and O–H groups in total. The van der Waals surface area contributed by atoms with Gasteiger partial charge >= 0.3 is 0 Å². The topological polar surface area (TPSA) is 29.3 Å². The van der Waals surface area contributed by atoms with E-state index in [9.17, 15) is 0 Å². The highest BCUT2D eigenvalue weighted by Gasteiger charge is 2.32. The molecule has 1 heterocycles. The minimum atomic E-state index is 0.159. The number of hydrogen-bond acceptors (Lipinski definition) is 2. The number of nitrogens with zero attached hydrogens (tertiary/aromatic N) is 1. The van der Waals surface area contributed by atoms with E-state index in [1.807, 2.05) is 0 Å². The van der Waals surface area contributed by atoms with Gasteiger partial charge < -0.3 is 10.6 Å². The Kier molecular flexibility index (Phi) is 5.36. The third kappa shape index (κ3) is 3.88. The molecule has 0 aromatic heterocycles. The molecule has 2 aliphatic rings. The fraction of sp³-hybridized carbons (Fsp3) is 0.667. The average Bonchev–Trinajstić information content (AvgIpc) is 2.52. The van der Waals surface area contributed by atoms with E-state index in [0.29, 0.717) is 0 Å². The fourth-order valence-electron chi connectivity index (χ4n) is 4.21. The zero-order valence-corrected chi connectivity index (χ0v) is 14.4. The van der Waals surface area contributed by atoms with Crippen molar-refractivity contribution in [2.75, 3.05) is 13.1 Å². The van der Waals surface area contributed by atoms with Crippen molar-refractivity contribution in [1.82, 2.24) is 4.90 Å². The third-order valence-electron chi connectivity index (χ3n) is 5.36. The highest BCUT2D eigenvalue weighted by Crippen LogP contribution is 2.35. The van der Waals surface area contributed by atoms with Crippen LogP contribution < -0.4 is 5.73 Å². The quantitative estimate of drug-likeness (QED) is 0.866. The van der Waals surface area contributed by atoms with Crippen molar-refractivity contribution in [1.29, 1.82) is 0 Å².